The molecule has 1 amide bonds. The predicted octanol–water partition coefficient (Wildman–Crippen LogP) is 5.07. The number of rotatable bonds is 8. The van der Waals surface area contributed by atoms with E-state index >= 15 is 0 Å². The Balaban J connectivity index is 1.27. The fourth-order valence-electron chi connectivity index (χ4n) is 5.31. The zero-order chi connectivity index (χ0) is 28.2. The molecule has 1 aliphatic heterocycles. The van der Waals surface area contributed by atoms with Crippen LogP contribution in [-0.2, 0) is 11.3 Å². The summed E-state index contributed by atoms with van der Waals surface area (Å²) in [5.41, 5.74) is 2.73. The summed E-state index contributed by atoms with van der Waals surface area (Å²) in [6, 6.07) is 10.7. The van der Waals surface area contributed by atoms with Gasteiger partial charge >= 0.3 is 5.97 Å². The molecule has 1 unspecified atom stereocenters. The first-order chi connectivity index (χ1) is 19.3. The number of benzene rings is 1. The standard InChI is InChI=1S/C30H32F2N4O4/c1-19-27(36-14-6-12-26(28(36)33-19)40-18-23-24(31)10-4-11-25(23)32)29(37)34-22-9-5-13-35(17-22)16-20-7-3-8-21(15-20)30(38)39-2/h3,6-8,10,12,14-15,22H,4-5,9,11,13,16-18H2,1-2H3,(H,34,37). The number of allylic oxidation sites excluding steroid dienone is 2. The van der Waals surface area contributed by atoms with Gasteiger partial charge in [0.25, 0.3) is 5.91 Å². The van der Waals surface area contributed by atoms with Crippen LogP contribution < -0.4 is 10.1 Å². The van der Waals surface area contributed by atoms with Gasteiger partial charge in [0.1, 0.15) is 24.0 Å². The van der Waals surface area contributed by atoms with Crippen LogP contribution in [0.15, 0.2) is 65.9 Å². The number of imidazole rings is 1. The van der Waals surface area contributed by atoms with E-state index in [1.54, 1.807) is 35.7 Å². The van der Waals surface area contributed by atoms with Crippen molar-refractivity contribution in [2.45, 2.75) is 45.2 Å². The van der Waals surface area contributed by atoms with Crippen molar-refractivity contribution in [2.75, 3.05) is 26.8 Å². The molecule has 0 bridgehead atoms. The van der Waals surface area contributed by atoms with Crippen LogP contribution in [0, 0.1) is 6.92 Å². The number of aryl methyl sites for hydroxylation is 1. The van der Waals surface area contributed by atoms with Gasteiger partial charge < -0.3 is 14.8 Å². The van der Waals surface area contributed by atoms with Gasteiger partial charge in [0.15, 0.2) is 11.4 Å². The maximum atomic E-state index is 14.1. The molecule has 2 aromatic heterocycles. The first-order valence-corrected chi connectivity index (χ1v) is 13.4. The number of pyridine rings is 1. The Morgan fingerprint density at radius 2 is 2.05 bits per heavy atom. The number of fused-ring (bicyclic) bond motifs is 1. The lowest BCUT2D eigenvalue weighted by Crippen LogP contribution is -2.47. The first kappa shape index (κ1) is 27.5. The minimum absolute atomic E-state index is 0.0644. The van der Waals surface area contributed by atoms with Crippen LogP contribution in [0.2, 0.25) is 0 Å². The van der Waals surface area contributed by atoms with Crippen LogP contribution in [-0.4, -0.2) is 59.0 Å². The van der Waals surface area contributed by atoms with Crippen molar-refractivity contribution in [1.29, 1.82) is 0 Å². The summed E-state index contributed by atoms with van der Waals surface area (Å²) in [4.78, 5) is 32.1. The molecule has 5 rings (SSSR count). The number of halogens is 2. The Hall–Kier alpha value is -4.05. The number of carbonyl (C=O) groups excluding carboxylic acids is 2. The number of hydrogen-bond acceptors (Lipinski definition) is 6. The lowest BCUT2D eigenvalue weighted by atomic mass is 10.0. The van der Waals surface area contributed by atoms with Crippen LogP contribution >= 0.6 is 0 Å². The van der Waals surface area contributed by atoms with E-state index in [0.717, 1.165) is 24.9 Å². The average Bonchev–Trinajstić information content (AvgIpc) is 3.29. The first-order valence-electron chi connectivity index (χ1n) is 13.4. The molecule has 2 aliphatic rings. The van der Waals surface area contributed by atoms with E-state index in [1.807, 2.05) is 18.2 Å². The van der Waals surface area contributed by atoms with Crippen LogP contribution in [0.1, 0.15) is 57.8 Å². The third kappa shape index (κ3) is 5.91. The summed E-state index contributed by atoms with van der Waals surface area (Å²) in [6.45, 7) is 3.69. The molecule has 10 heteroatoms. The Kier molecular flexibility index (Phi) is 8.25. The molecule has 0 saturated carbocycles. The highest BCUT2D eigenvalue weighted by molar-refractivity contribution is 5.95. The maximum absolute atomic E-state index is 14.1. The summed E-state index contributed by atoms with van der Waals surface area (Å²) >= 11 is 0. The van der Waals surface area contributed by atoms with Crippen LogP contribution in [0.5, 0.6) is 5.75 Å². The number of ether oxygens (including phenoxy) is 2. The van der Waals surface area contributed by atoms with E-state index in [0.29, 0.717) is 47.9 Å². The topological polar surface area (TPSA) is 85.2 Å². The second-order valence-corrected chi connectivity index (χ2v) is 10.1. The molecule has 210 valence electrons. The minimum atomic E-state index is -0.604. The molecular formula is C30H32F2N4O4. The molecule has 1 N–H and O–H groups in total. The minimum Gasteiger partial charge on any atom is -0.485 e. The van der Waals surface area contributed by atoms with Crippen LogP contribution in [0.3, 0.4) is 0 Å². The van der Waals surface area contributed by atoms with Gasteiger partial charge in [0.05, 0.1) is 23.9 Å². The average molecular weight is 551 g/mol. The highest BCUT2D eigenvalue weighted by atomic mass is 19.1. The van der Waals surface area contributed by atoms with Gasteiger partial charge in [-0.05, 0) is 68.6 Å². The number of piperidine rings is 1. The number of likely N-dealkylation sites (tertiary alicyclic amines) is 1. The fourth-order valence-corrected chi connectivity index (χ4v) is 5.31. The highest BCUT2D eigenvalue weighted by Crippen LogP contribution is 2.29. The normalized spacial score (nSPS) is 18.0. The Morgan fingerprint density at radius 1 is 1.20 bits per heavy atom. The van der Waals surface area contributed by atoms with Crippen molar-refractivity contribution in [2.24, 2.45) is 0 Å². The molecule has 1 saturated heterocycles. The van der Waals surface area contributed by atoms with E-state index in [9.17, 15) is 18.4 Å². The molecule has 1 atom stereocenters. The van der Waals surface area contributed by atoms with Gasteiger partial charge in [-0.1, -0.05) is 12.1 Å². The predicted molar refractivity (Wildman–Crippen MR) is 146 cm³/mol. The molecule has 1 aliphatic carbocycles. The number of esters is 1. The summed E-state index contributed by atoms with van der Waals surface area (Å²) < 4.78 is 40.5. The molecule has 8 nitrogen and oxygen atoms in total. The summed E-state index contributed by atoms with van der Waals surface area (Å²) in [6.07, 6.45) is 5.32. The van der Waals surface area contributed by atoms with Gasteiger partial charge in [0, 0.05) is 31.7 Å². The largest absolute Gasteiger partial charge is 0.485 e. The summed E-state index contributed by atoms with van der Waals surface area (Å²) in [5, 5.41) is 3.15. The van der Waals surface area contributed by atoms with Crippen LogP contribution in [0.4, 0.5) is 8.78 Å². The van der Waals surface area contributed by atoms with Crippen LogP contribution in [0.25, 0.3) is 5.65 Å². The van der Waals surface area contributed by atoms with E-state index in [-0.39, 0.29) is 36.5 Å². The van der Waals surface area contributed by atoms with Crippen molar-refractivity contribution in [3.05, 3.63) is 88.4 Å². The monoisotopic (exact) mass is 550 g/mol. The van der Waals surface area contributed by atoms with Crippen molar-refractivity contribution < 1.29 is 27.8 Å². The lowest BCUT2D eigenvalue weighted by Gasteiger charge is -2.33. The number of amides is 1. The molecule has 0 spiro atoms. The van der Waals surface area contributed by atoms with E-state index in [1.165, 1.54) is 13.2 Å². The van der Waals surface area contributed by atoms with Crippen molar-refractivity contribution in [3.63, 3.8) is 0 Å². The third-order valence-corrected chi connectivity index (χ3v) is 7.27. The Morgan fingerprint density at radius 3 is 2.85 bits per heavy atom. The zero-order valence-electron chi connectivity index (χ0n) is 22.6. The Bertz CT molecular complexity index is 1500. The van der Waals surface area contributed by atoms with E-state index in [2.05, 4.69) is 15.2 Å². The van der Waals surface area contributed by atoms with Gasteiger partial charge in [-0.25, -0.2) is 18.6 Å². The molecule has 1 fully saturated rings. The highest BCUT2D eigenvalue weighted by Gasteiger charge is 2.26. The van der Waals surface area contributed by atoms with Crippen molar-refractivity contribution in [3.8, 4) is 5.75 Å². The smallest absolute Gasteiger partial charge is 0.337 e. The number of nitrogens with one attached hydrogen (secondary N) is 1. The fraction of sp³-hybridized carbons (Fsp3) is 0.367. The SMILES string of the molecule is COC(=O)c1cccc(CN2CCCC(NC(=O)c3c(C)nc4c(OCC5=C(F)CCC=C5F)cccn34)C2)c1. The molecule has 0 radical (unpaired) electrons. The summed E-state index contributed by atoms with van der Waals surface area (Å²) in [5.74, 6) is -1.40. The molecule has 3 heterocycles. The maximum Gasteiger partial charge on any atom is 0.337 e. The number of nitrogens with zero attached hydrogens (tertiary/aromatic N) is 3. The number of carbonyl (C=O) groups is 2. The second kappa shape index (κ2) is 12.0. The molecular weight excluding hydrogens is 518 g/mol. The van der Waals surface area contributed by atoms with Crippen molar-refractivity contribution in [1.82, 2.24) is 19.6 Å². The zero-order valence-corrected chi connectivity index (χ0v) is 22.6. The van der Waals surface area contributed by atoms with Gasteiger partial charge in [-0.2, -0.15) is 0 Å². The Labute approximate surface area is 231 Å². The van der Waals surface area contributed by atoms with Gasteiger partial charge in [-0.15, -0.1) is 0 Å². The summed E-state index contributed by atoms with van der Waals surface area (Å²) in [7, 11) is 1.36. The number of methoxy groups -OCH3 is 1. The van der Waals surface area contributed by atoms with Gasteiger partial charge in [0.2, 0.25) is 0 Å². The lowest BCUT2D eigenvalue weighted by molar-refractivity contribution is 0.0600. The molecule has 1 aromatic carbocycles. The van der Waals surface area contributed by atoms with Gasteiger partial charge in [-0.3, -0.25) is 14.1 Å². The number of aromatic nitrogens is 2. The van der Waals surface area contributed by atoms with E-state index in [4.69, 9.17) is 9.47 Å². The van der Waals surface area contributed by atoms with Crippen molar-refractivity contribution >= 4 is 17.5 Å². The van der Waals surface area contributed by atoms with E-state index < -0.39 is 11.7 Å². The number of hydrogen-bond donors (Lipinski definition) is 1. The third-order valence-electron chi connectivity index (χ3n) is 7.27. The molecule has 3 aromatic rings. The quantitative estimate of drug-likeness (QED) is 0.394. The second-order valence-electron chi connectivity index (χ2n) is 10.1. The molecule has 40 heavy (non-hydrogen) atoms.